The zero-order valence-electron chi connectivity index (χ0n) is 13.7. The minimum Gasteiger partial charge on any atom is -0.496 e. The standard InChI is InChI=1S/C18H11BrClF3N2O2/c1-27-16-5-3-13(19)7-10(16)6-11(9-24)17(26)25-15-8-12(18(21,22)23)2-4-14(15)20/h2-8H,1H3,(H,25,26)/b11-6+. The Labute approximate surface area is 166 Å². The van der Waals surface area contributed by atoms with E-state index in [2.05, 4.69) is 21.2 Å². The van der Waals surface area contributed by atoms with Crippen LogP contribution < -0.4 is 10.1 Å². The average Bonchev–Trinajstić information content (AvgIpc) is 2.60. The number of methoxy groups -OCH3 is 1. The van der Waals surface area contributed by atoms with Crippen molar-refractivity contribution in [3.05, 3.63) is 62.6 Å². The number of anilines is 1. The molecule has 2 aromatic carbocycles. The highest BCUT2D eigenvalue weighted by atomic mass is 79.9. The van der Waals surface area contributed by atoms with E-state index in [1.807, 2.05) is 0 Å². The van der Waals surface area contributed by atoms with Crippen LogP contribution in [0.25, 0.3) is 6.08 Å². The number of carbonyl (C=O) groups excluding carboxylic acids is 1. The summed E-state index contributed by atoms with van der Waals surface area (Å²) in [5, 5.41) is 11.4. The number of halogens is 5. The van der Waals surface area contributed by atoms with Gasteiger partial charge in [0.05, 0.1) is 23.4 Å². The number of rotatable bonds is 4. The van der Waals surface area contributed by atoms with Crippen molar-refractivity contribution < 1.29 is 22.7 Å². The van der Waals surface area contributed by atoms with Gasteiger partial charge >= 0.3 is 6.18 Å². The molecule has 0 bridgehead atoms. The second kappa shape index (κ2) is 8.46. The maximum absolute atomic E-state index is 12.8. The van der Waals surface area contributed by atoms with Crippen molar-refractivity contribution in [3.8, 4) is 11.8 Å². The predicted molar refractivity (Wildman–Crippen MR) is 99.4 cm³/mol. The first-order chi connectivity index (χ1) is 12.7. The van der Waals surface area contributed by atoms with Crippen LogP contribution in [0.4, 0.5) is 18.9 Å². The predicted octanol–water partition coefficient (Wildman–Crippen LogP) is 5.68. The van der Waals surface area contributed by atoms with Crippen LogP contribution in [-0.2, 0) is 11.0 Å². The van der Waals surface area contributed by atoms with E-state index in [0.29, 0.717) is 21.9 Å². The molecule has 2 rings (SSSR count). The van der Waals surface area contributed by atoms with Gasteiger partial charge in [-0.25, -0.2) is 0 Å². The molecule has 1 amide bonds. The molecule has 140 valence electrons. The molecule has 0 aromatic heterocycles. The van der Waals surface area contributed by atoms with Gasteiger partial charge in [-0.15, -0.1) is 0 Å². The third-order valence-electron chi connectivity index (χ3n) is 3.40. The second-order valence-corrected chi connectivity index (χ2v) is 6.53. The molecule has 1 N–H and O–H groups in total. The van der Waals surface area contributed by atoms with E-state index >= 15 is 0 Å². The van der Waals surface area contributed by atoms with Crippen LogP contribution in [0, 0.1) is 11.3 Å². The van der Waals surface area contributed by atoms with Gasteiger partial charge in [0.25, 0.3) is 5.91 Å². The third-order valence-corrected chi connectivity index (χ3v) is 4.22. The van der Waals surface area contributed by atoms with Crippen molar-refractivity contribution in [1.82, 2.24) is 0 Å². The zero-order valence-corrected chi connectivity index (χ0v) is 16.0. The van der Waals surface area contributed by atoms with Crippen LogP contribution >= 0.6 is 27.5 Å². The molecule has 0 atom stereocenters. The molecule has 0 aliphatic rings. The monoisotopic (exact) mass is 458 g/mol. The molecule has 4 nitrogen and oxygen atoms in total. The normalized spacial score (nSPS) is 11.7. The van der Waals surface area contributed by atoms with E-state index < -0.39 is 17.6 Å². The Bertz CT molecular complexity index is 953. The lowest BCUT2D eigenvalue weighted by atomic mass is 10.1. The molecular formula is C18H11BrClF3N2O2. The molecule has 27 heavy (non-hydrogen) atoms. The molecule has 0 aliphatic heterocycles. The first-order valence-electron chi connectivity index (χ1n) is 7.29. The van der Waals surface area contributed by atoms with Crippen molar-refractivity contribution in [2.45, 2.75) is 6.18 Å². The maximum atomic E-state index is 12.8. The Morgan fingerprint density at radius 2 is 2.00 bits per heavy atom. The molecule has 0 heterocycles. The van der Waals surface area contributed by atoms with Gasteiger partial charge in [-0.05, 0) is 42.5 Å². The summed E-state index contributed by atoms with van der Waals surface area (Å²) in [4.78, 5) is 12.4. The highest BCUT2D eigenvalue weighted by Crippen LogP contribution is 2.34. The number of hydrogen-bond acceptors (Lipinski definition) is 3. The van der Waals surface area contributed by atoms with Gasteiger partial charge in [-0.2, -0.15) is 18.4 Å². The number of amides is 1. The molecular weight excluding hydrogens is 449 g/mol. The lowest BCUT2D eigenvalue weighted by Gasteiger charge is -2.11. The summed E-state index contributed by atoms with van der Waals surface area (Å²) in [6.45, 7) is 0. The largest absolute Gasteiger partial charge is 0.496 e. The van der Waals surface area contributed by atoms with Gasteiger partial charge in [0.15, 0.2) is 0 Å². The minimum atomic E-state index is -4.60. The number of ether oxygens (including phenoxy) is 1. The third kappa shape index (κ3) is 5.25. The molecule has 0 radical (unpaired) electrons. The van der Waals surface area contributed by atoms with Crippen LogP contribution in [-0.4, -0.2) is 13.0 Å². The summed E-state index contributed by atoms with van der Waals surface area (Å²) in [6, 6.07) is 9.21. The number of nitrogens with zero attached hydrogens (tertiary/aromatic N) is 1. The number of nitrogens with one attached hydrogen (secondary N) is 1. The first-order valence-corrected chi connectivity index (χ1v) is 8.46. The smallest absolute Gasteiger partial charge is 0.416 e. The Morgan fingerprint density at radius 1 is 1.30 bits per heavy atom. The summed E-state index contributed by atoms with van der Waals surface area (Å²) < 4.78 is 44.3. The van der Waals surface area contributed by atoms with Crippen molar-refractivity contribution in [2.24, 2.45) is 0 Å². The van der Waals surface area contributed by atoms with Crippen molar-refractivity contribution in [1.29, 1.82) is 5.26 Å². The Kier molecular flexibility index (Phi) is 6.52. The van der Waals surface area contributed by atoms with Gasteiger partial charge < -0.3 is 10.1 Å². The molecule has 0 fully saturated rings. The fourth-order valence-electron chi connectivity index (χ4n) is 2.11. The van der Waals surface area contributed by atoms with Crippen LogP contribution in [0.5, 0.6) is 5.75 Å². The fourth-order valence-corrected chi connectivity index (χ4v) is 2.65. The minimum absolute atomic E-state index is 0.0892. The van der Waals surface area contributed by atoms with Crippen molar-refractivity contribution in [2.75, 3.05) is 12.4 Å². The SMILES string of the molecule is COc1ccc(Br)cc1/C=C(\C#N)C(=O)Nc1cc(C(F)(F)F)ccc1Cl. The lowest BCUT2D eigenvalue weighted by molar-refractivity contribution is -0.137. The van der Waals surface area contributed by atoms with Gasteiger partial charge in [0.1, 0.15) is 17.4 Å². The second-order valence-electron chi connectivity index (χ2n) is 5.20. The summed E-state index contributed by atoms with van der Waals surface area (Å²) in [5.41, 5.74) is -1.12. The molecule has 0 saturated heterocycles. The van der Waals surface area contributed by atoms with Crippen LogP contribution in [0.3, 0.4) is 0 Å². The fraction of sp³-hybridized carbons (Fsp3) is 0.111. The van der Waals surface area contributed by atoms with Crippen LogP contribution in [0.15, 0.2) is 46.4 Å². The summed E-state index contributed by atoms with van der Waals surface area (Å²) in [6.07, 6.45) is -3.33. The molecule has 0 unspecified atom stereocenters. The molecule has 9 heteroatoms. The molecule has 0 spiro atoms. The topological polar surface area (TPSA) is 62.1 Å². The molecule has 0 saturated carbocycles. The lowest BCUT2D eigenvalue weighted by Crippen LogP contribution is -2.15. The summed E-state index contributed by atoms with van der Waals surface area (Å²) in [7, 11) is 1.43. The number of hydrogen-bond donors (Lipinski definition) is 1. The Morgan fingerprint density at radius 3 is 2.59 bits per heavy atom. The molecule has 0 aliphatic carbocycles. The number of alkyl halides is 3. The maximum Gasteiger partial charge on any atom is 0.416 e. The Balaban J connectivity index is 2.37. The number of carbonyl (C=O) groups is 1. The highest BCUT2D eigenvalue weighted by Gasteiger charge is 2.31. The van der Waals surface area contributed by atoms with Gasteiger partial charge in [0, 0.05) is 10.0 Å². The zero-order chi connectivity index (χ0) is 20.2. The highest BCUT2D eigenvalue weighted by molar-refractivity contribution is 9.10. The quantitative estimate of drug-likeness (QED) is 0.473. The first kappa shape index (κ1) is 20.8. The summed E-state index contributed by atoms with van der Waals surface area (Å²) in [5.74, 6) is -0.489. The van der Waals surface area contributed by atoms with E-state index in [-0.39, 0.29) is 16.3 Å². The van der Waals surface area contributed by atoms with E-state index in [9.17, 15) is 23.2 Å². The van der Waals surface area contributed by atoms with Crippen molar-refractivity contribution >= 4 is 45.2 Å². The summed E-state index contributed by atoms with van der Waals surface area (Å²) >= 11 is 9.13. The number of benzene rings is 2. The van der Waals surface area contributed by atoms with Crippen LogP contribution in [0.2, 0.25) is 5.02 Å². The average molecular weight is 460 g/mol. The van der Waals surface area contributed by atoms with E-state index in [4.69, 9.17) is 16.3 Å². The van der Waals surface area contributed by atoms with E-state index in [1.54, 1.807) is 24.3 Å². The number of nitriles is 1. The van der Waals surface area contributed by atoms with E-state index in [0.717, 1.165) is 12.1 Å². The van der Waals surface area contributed by atoms with Gasteiger partial charge in [0.2, 0.25) is 0 Å². The Hall–Kier alpha value is -2.50. The van der Waals surface area contributed by atoms with E-state index in [1.165, 1.54) is 13.2 Å². The molecule has 2 aromatic rings. The van der Waals surface area contributed by atoms with Crippen molar-refractivity contribution in [3.63, 3.8) is 0 Å². The van der Waals surface area contributed by atoms with Gasteiger partial charge in [-0.3, -0.25) is 4.79 Å². The van der Waals surface area contributed by atoms with Crippen LogP contribution in [0.1, 0.15) is 11.1 Å². The van der Waals surface area contributed by atoms with Gasteiger partial charge in [-0.1, -0.05) is 27.5 Å².